The van der Waals surface area contributed by atoms with Crippen molar-refractivity contribution in [2.24, 2.45) is 0 Å². The highest BCUT2D eigenvalue weighted by atomic mass is 32.2. The third-order valence-corrected chi connectivity index (χ3v) is 9.61. The SMILES string of the molecule is Cc1ccc(S(=O)(=O)Oc2ccc(C#C[C@H]3[C@H](OCc4ccccc4)[C@@H](OCc4ccccc4)[C@H](COCc4ccccc4)N3O)cc2)cc1. The van der Waals surface area contributed by atoms with E-state index in [0.717, 1.165) is 22.3 Å². The fourth-order valence-corrected chi connectivity index (χ4v) is 6.58. The van der Waals surface area contributed by atoms with Crippen molar-refractivity contribution in [3.63, 3.8) is 0 Å². The van der Waals surface area contributed by atoms with Crippen LogP contribution < -0.4 is 4.18 Å². The molecule has 0 spiro atoms. The van der Waals surface area contributed by atoms with Crippen LogP contribution in [0.4, 0.5) is 0 Å². The lowest BCUT2D eigenvalue weighted by molar-refractivity contribution is -0.155. The van der Waals surface area contributed by atoms with Gasteiger partial charge in [-0.25, -0.2) is 0 Å². The van der Waals surface area contributed by atoms with Crippen LogP contribution in [0.5, 0.6) is 5.75 Å². The molecule has 0 amide bonds. The van der Waals surface area contributed by atoms with Gasteiger partial charge in [0, 0.05) is 5.56 Å². The van der Waals surface area contributed by atoms with E-state index in [1.165, 1.54) is 17.2 Å². The largest absolute Gasteiger partial charge is 0.379 e. The predicted molar refractivity (Wildman–Crippen MR) is 190 cm³/mol. The molecule has 50 heavy (non-hydrogen) atoms. The molecule has 1 aliphatic heterocycles. The molecule has 1 N–H and O–H groups in total. The summed E-state index contributed by atoms with van der Waals surface area (Å²) in [5, 5.41) is 12.8. The third-order valence-electron chi connectivity index (χ3n) is 8.34. The molecule has 0 aromatic heterocycles. The van der Waals surface area contributed by atoms with Crippen LogP contribution >= 0.6 is 0 Å². The number of hydroxylamine groups is 2. The third kappa shape index (κ3) is 9.25. The normalized spacial score (nSPS) is 19.1. The molecule has 6 rings (SSSR count). The summed E-state index contributed by atoms with van der Waals surface area (Å²) in [6.07, 6.45) is -1.22. The van der Waals surface area contributed by atoms with Gasteiger partial charge < -0.3 is 23.6 Å². The summed E-state index contributed by atoms with van der Waals surface area (Å²) >= 11 is 0. The minimum Gasteiger partial charge on any atom is -0.379 e. The van der Waals surface area contributed by atoms with Crippen molar-refractivity contribution in [2.75, 3.05) is 6.61 Å². The Hall–Kier alpha value is -4.79. The van der Waals surface area contributed by atoms with Crippen LogP contribution in [0, 0.1) is 18.8 Å². The van der Waals surface area contributed by atoms with Gasteiger partial charge in [0.05, 0.1) is 32.5 Å². The van der Waals surface area contributed by atoms with Crippen molar-refractivity contribution in [1.29, 1.82) is 0 Å². The molecule has 1 saturated heterocycles. The zero-order valence-electron chi connectivity index (χ0n) is 27.7. The average molecular weight is 690 g/mol. The van der Waals surface area contributed by atoms with E-state index in [1.807, 2.05) is 97.9 Å². The molecule has 4 atom stereocenters. The second-order valence-electron chi connectivity index (χ2n) is 12.1. The summed E-state index contributed by atoms with van der Waals surface area (Å²) in [7, 11) is -3.99. The van der Waals surface area contributed by atoms with Gasteiger partial charge in [-0.1, -0.05) is 121 Å². The fraction of sp³-hybridized carbons (Fsp3) is 0.220. The molecule has 5 aromatic rings. The van der Waals surface area contributed by atoms with E-state index in [1.54, 1.807) is 36.4 Å². The molecule has 0 aliphatic carbocycles. The average Bonchev–Trinajstić information content (AvgIpc) is 3.39. The first-order chi connectivity index (χ1) is 24.4. The zero-order chi connectivity index (χ0) is 34.8. The Balaban J connectivity index is 1.23. The Morgan fingerprint density at radius 2 is 1.18 bits per heavy atom. The lowest BCUT2D eigenvalue weighted by atomic mass is 10.1. The predicted octanol–water partition coefficient (Wildman–Crippen LogP) is 6.94. The summed E-state index contributed by atoms with van der Waals surface area (Å²) in [6, 6.07) is 41.1. The van der Waals surface area contributed by atoms with E-state index < -0.39 is 34.4 Å². The number of hydrogen-bond acceptors (Lipinski definition) is 8. The van der Waals surface area contributed by atoms with Gasteiger partial charge in [-0.3, -0.25) is 0 Å². The van der Waals surface area contributed by atoms with E-state index in [9.17, 15) is 13.6 Å². The first-order valence-corrected chi connectivity index (χ1v) is 17.8. The van der Waals surface area contributed by atoms with Gasteiger partial charge in [-0.2, -0.15) is 13.5 Å². The Morgan fingerprint density at radius 1 is 0.660 bits per heavy atom. The molecule has 1 aliphatic rings. The van der Waals surface area contributed by atoms with Gasteiger partial charge in [0.25, 0.3) is 0 Å². The smallest absolute Gasteiger partial charge is 0.339 e. The van der Waals surface area contributed by atoms with Crippen molar-refractivity contribution in [1.82, 2.24) is 5.06 Å². The number of ether oxygens (including phenoxy) is 3. The quantitative estimate of drug-likeness (QED) is 0.105. The number of aryl methyl sites for hydroxylation is 1. The first kappa shape index (κ1) is 35.1. The molecular weight excluding hydrogens is 651 g/mol. The minimum atomic E-state index is -3.99. The van der Waals surface area contributed by atoms with Crippen molar-refractivity contribution >= 4 is 10.1 Å². The van der Waals surface area contributed by atoms with E-state index in [2.05, 4.69) is 11.8 Å². The number of benzene rings is 5. The Labute approximate surface area is 293 Å². The van der Waals surface area contributed by atoms with Gasteiger partial charge in [0.1, 0.15) is 28.9 Å². The molecule has 8 nitrogen and oxygen atoms in total. The van der Waals surface area contributed by atoms with Crippen LogP contribution in [0.2, 0.25) is 0 Å². The van der Waals surface area contributed by atoms with Crippen LogP contribution in [0.25, 0.3) is 0 Å². The first-order valence-electron chi connectivity index (χ1n) is 16.4. The second kappa shape index (κ2) is 16.7. The number of rotatable bonds is 13. The number of nitrogens with zero attached hydrogens (tertiary/aromatic N) is 1. The van der Waals surface area contributed by atoms with Crippen LogP contribution in [0.15, 0.2) is 144 Å². The van der Waals surface area contributed by atoms with E-state index >= 15 is 0 Å². The lowest BCUT2D eigenvalue weighted by Gasteiger charge is -2.25. The molecular formula is C41H39NO7S. The Morgan fingerprint density at radius 3 is 1.74 bits per heavy atom. The van der Waals surface area contributed by atoms with E-state index in [-0.39, 0.29) is 17.3 Å². The van der Waals surface area contributed by atoms with Crippen LogP contribution in [-0.2, 0) is 44.1 Å². The Bertz CT molecular complexity index is 1960. The highest BCUT2D eigenvalue weighted by Crippen LogP contribution is 2.31. The molecule has 9 heteroatoms. The fourth-order valence-electron chi connectivity index (χ4n) is 5.65. The second-order valence-corrected chi connectivity index (χ2v) is 13.6. The van der Waals surface area contributed by atoms with Crippen molar-refractivity contribution in [3.8, 4) is 17.6 Å². The Kier molecular flexibility index (Phi) is 11.7. The van der Waals surface area contributed by atoms with Gasteiger partial charge in [-0.05, 0) is 60.0 Å². The molecule has 5 aromatic carbocycles. The maximum absolute atomic E-state index is 12.8. The summed E-state index contributed by atoms with van der Waals surface area (Å²) in [5.41, 5.74) is 4.53. The summed E-state index contributed by atoms with van der Waals surface area (Å²) in [5.74, 6) is 6.50. The molecule has 1 fully saturated rings. The van der Waals surface area contributed by atoms with Gasteiger partial charge in [0.15, 0.2) is 0 Å². The van der Waals surface area contributed by atoms with Gasteiger partial charge in [-0.15, -0.1) is 0 Å². The molecule has 0 unspecified atom stereocenters. The standard InChI is InChI=1S/C41H39NO7S/c1-31-17-24-37(25-18-31)50(44,45)49-36-22-19-32(20-23-36)21-26-38-40(47-28-34-13-7-3-8-14-34)41(48-29-35-15-9-4-10-16-35)39(42(38)43)30-46-27-33-11-5-2-6-12-33/h2-20,22-25,38-41,43H,27-30H2,1H3/t38-,39-,40-,41-/m0/s1. The lowest BCUT2D eigenvalue weighted by Crippen LogP contribution is -2.40. The van der Waals surface area contributed by atoms with Crippen molar-refractivity contribution in [3.05, 3.63) is 167 Å². The molecule has 256 valence electrons. The highest BCUT2D eigenvalue weighted by molar-refractivity contribution is 7.87. The van der Waals surface area contributed by atoms with Crippen LogP contribution in [0.3, 0.4) is 0 Å². The van der Waals surface area contributed by atoms with Crippen LogP contribution in [0.1, 0.15) is 27.8 Å². The van der Waals surface area contributed by atoms with Crippen molar-refractivity contribution in [2.45, 2.75) is 55.9 Å². The zero-order valence-corrected chi connectivity index (χ0v) is 28.5. The van der Waals surface area contributed by atoms with E-state index in [0.29, 0.717) is 25.4 Å². The van der Waals surface area contributed by atoms with Gasteiger partial charge in [0.2, 0.25) is 0 Å². The molecule has 0 radical (unpaired) electrons. The highest BCUT2D eigenvalue weighted by Gasteiger charge is 2.50. The van der Waals surface area contributed by atoms with E-state index in [4.69, 9.17) is 18.4 Å². The number of hydrogen-bond donors (Lipinski definition) is 1. The minimum absolute atomic E-state index is 0.0733. The molecule has 0 saturated carbocycles. The maximum Gasteiger partial charge on any atom is 0.339 e. The monoisotopic (exact) mass is 689 g/mol. The topological polar surface area (TPSA) is 94.5 Å². The summed E-state index contributed by atoms with van der Waals surface area (Å²) < 4.78 is 50.1. The molecule has 1 heterocycles. The van der Waals surface area contributed by atoms with Crippen molar-refractivity contribution < 1.29 is 32.0 Å². The van der Waals surface area contributed by atoms with Crippen LogP contribution in [-0.4, -0.2) is 49.6 Å². The van der Waals surface area contributed by atoms with Gasteiger partial charge >= 0.3 is 10.1 Å². The maximum atomic E-state index is 12.8. The summed E-state index contributed by atoms with van der Waals surface area (Å²) in [4.78, 5) is 0.0733. The molecule has 0 bridgehead atoms. The summed E-state index contributed by atoms with van der Waals surface area (Å²) in [6.45, 7) is 3.04.